The minimum absolute atomic E-state index is 0.0738. The van der Waals surface area contributed by atoms with E-state index in [0.29, 0.717) is 11.3 Å². The third-order valence-corrected chi connectivity index (χ3v) is 4.14. The van der Waals surface area contributed by atoms with Crippen LogP contribution in [0.2, 0.25) is 0 Å². The van der Waals surface area contributed by atoms with Gasteiger partial charge in [0.25, 0.3) is 5.56 Å². The number of imidazole rings is 1. The lowest BCUT2D eigenvalue weighted by molar-refractivity contribution is 0.585. The van der Waals surface area contributed by atoms with Crippen LogP contribution in [0.15, 0.2) is 53.3 Å². The molecule has 0 spiro atoms. The van der Waals surface area contributed by atoms with Gasteiger partial charge in [-0.15, -0.1) is 0 Å². The van der Waals surface area contributed by atoms with Crippen LogP contribution in [0.25, 0.3) is 28.3 Å². The van der Waals surface area contributed by atoms with Gasteiger partial charge in [-0.25, -0.2) is 18.2 Å². The third-order valence-electron chi connectivity index (χ3n) is 4.14. The number of nitrogen functional groups attached to an aromatic ring is 1. The zero-order valence-corrected chi connectivity index (χ0v) is 13.8. The van der Waals surface area contributed by atoms with Crippen molar-refractivity contribution in [2.75, 3.05) is 5.73 Å². The molecule has 0 aliphatic heterocycles. The van der Waals surface area contributed by atoms with Gasteiger partial charge in [-0.05, 0) is 19.1 Å². The quantitative estimate of drug-likeness (QED) is 0.579. The van der Waals surface area contributed by atoms with E-state index < -0.39 is 17.2 Å². The van der Waals surface area contributed by atoms with E-state index in [4.69, 9.17) is 5.73 Å². The number of nitrogens with one attached hydrogen (secondary N) is 1. The Labute approximate surface area is 146 Å². The van der Waals surface area contributed by atoms with Crippen molar-refractivity contribution in [1.82, 2.24) is 14.4 Å². The third kappa shape index (κ3) is 2.54. The average molecular weight is 352 g/mol. The maximum atomic E-state index is 14.5. The summed E-state index contributed by atoms with van der Waals surface area (Å²) in [7, 11) is 0. The number of benzene rings is 2. The van der Waals surface area contributed by atoms with Gasteiger partial charge < -0.3 is 10.7 Å². The Balaban J connectivity index is 2.13. The van der Waals surface area contributed by atoms with Crippen LogP contribution in [0, 0.1) is 18.6 Å². The topological polar surface area (TPSA) is 76.2 Å². The minimum Gasteiger partial charge on any atom is -0.385 e. The molecule has 0 aliphatic rings. The zero-order chi connectivity index (χ0) is 18.4. The molecule has 3 N–H and O–H groups in total. The molecular weight excluding hydrogens is 338 g/mol. The van der Waals surface area contributed by atoms with Crippen LogP contribution < -0.4 is 11.3 Å². The molecule has 0 unspecified atom stereocenters. The summed E-state index contributed by atoms with van der Waals surface area (Å²) in [6.45, 7) is 1.94. The monoisotopic (exact) mass is 352 g/mol. The second kappa shape index (κ2) is 5.80. The van der Waals surface area contributed by atoms with Crippen molar-refractivity contribution in [1.29, 1.82) is 0 Å². The van der Waals surface area contributed by atoms with Crippen molar-refractivity contribution < 1.29 is 8.78 Å². The number of nitrogens with two attached hydrogens (primary N) is 1. The van der Waals surface area contributed by atoms with E-state index >= 15 is 0 Å². The fourth-order valence-electron chi connectivity index (χ4n) is 2.92. The van der Waals surface area contributed by atoms with Gasteiger partial charge in [-0.2, -0.15) is 0 Å². The number of aromatic amines is 1. The Bertz CT molecular complexity index is 1190. The molecule has 0 saturated carbocycles. The summed E-state index contributed by atoms with van der Waals surface area (Å²) >= 11 is 0. The number of anilines is 1. The largest absolute Gasteiger partial charge is 0.385 e. The summed E-state index contributed by atoms with van der Waals surface area (Å²) in [6, 6.07) is 11.8. The lowest BCUT2D eigenvalue weighted by Gasteiger charge is -2.07. The molecular formula is C19H14F2N4O. The Kier molecular flexibility index (Phi) is 3.57. The zero-order valence-electron chi connectivity index (χ0n) is 13.8. The summed E-state index contributed by atoms with van der Waals surface area (Å²) in [4.78, 5) is 19.7. The van der Waals surface area contributed by atoms with E-state index in [1.807, 2.05) is 31.2 Å². The van der Waals surface area contributed by atoms with E-state index in [9.17, 15) is 13.6 Å². The average Bonchev–Trinajstić information content (AvgIpc) is 2.95. The molecule has 0 saturated heterocycles. The Morgan fingerprint density at radius 1 is 1.08 bits per heavy atom. The van der Waals surface area contributed by atoms with Crippen molar-refractivity contribution in [3.63, 3.8) is 0 Å². The van der Waals surface area contributed by atoms with Crippen LogP contribution in [-0.2, 0) is 0 Å². The van der Waals surface area contributed by atoms with E-state index in [2.05, 4.69) is 9.97 Å². The maximum Gasteiger partial charge on any atom is 0.261 e. The highest BCUT2D eigenvalue weighted by Gasteiger charge is 2.21. The predicted octanol–water partition coefficient (Wildman–Crippen LogP) is 3.53. The predicted molar refractivity (Wildman–Crippen MR) is 95.8 cm³/mol. The summed E-state index contributed by atoms with van der Waals surface area (Å²) in [6.07, 6.45) is 0. The summed E-state index contributed by atoms with van der Waals surface area (Å²) in [5.74, 6) is -1.15. The Morgan fingerprint density at radius 2 is 1.81 bits per heavy atom. The van der Waals surface area contributed by atoms with Gasteiger partial charge in [0, 0.05) is 23.3 Å². The van der Waals surface area contributed by atoms with Gasteiger partial charge >= 0.3 is 0 Å². The van der Waals surface area contributed by atoms with E-state index in [-0.39, 0.29) is 22.9 Å². The molecule has 0 radical (unpaired) electrons. The number of hydrogen-bond donors (Lipinski definition) is 2. The van der Waals surface area contributed by atoms with E-state index in [0.717, 1.165) is 17.7 Å². The highest BCUT2D eigenvalue weighted by Crippen LogP contribution is 2.33. The molecule has 2 aromatic heterocycles. The number of hydrogen-bond acceptors (Lipinski definition) is 3. The first-order chi connectivity index (χ1) is 12.4. The van der Waals surface area contributed by atoms with Crippen LogP contribution >= 0.6 is 0 Å². The number of aromatic nitrogens is 3. The van der Waals surface area contributed by atoms with Gasteiger partial charge in [0.1, 0.15) is 17.5 Å². The molecule has 5 nitrogen and oxygen atoms in total. The van der Waals surface area contributed by atoms with Gasteiger partial charge in [0.05, 0.1) is 11.4 Å². The lowest BCUT2D eigenvalue weighted by atomic mass is 10.0. The Hall–Kier alpha value is -3.48. The second-order valence-corrected chi connectivity index (χ2v) is 6.02. The van der Waals surface area contributed by atoms with Crippen molar-refractivity contribution in [2.45, 2.75) is 6.92 Å². The summed E-state index contributed by atoms with van der Waals surface area (Å²) in [5.41, 5.74) is 7.70. The molecule has 4 rings (SSSR count). The van der Waals surface area contributed by atoms with Crippen LogP contribution in [-0.4, -0.2) is 14.4 Å². The molecule has 0 fully saturated rings. The normalized spacial score (nSPS) is 11.2. The summed E-state index contributed by atoms with van der Waals surface area (Å²) < 4.78 is 29.1. The molecule has 0 aliphatic carbocycles. The number of fused-ring (bicyclic) bond motifs is 1. The SMILES string of the molecule is Cc1ccc(-c2nc3[nH]c(N)cc(=O)n3c2-c2ccc(F)cc2F)cc1. The fraction of sp³-hybridized carbons (Fsp3) is 0.0526. The molecule has 130 valence electrons. The number of aryl methyl sites for hydroxylation is 1. The molecule has 2 aromatic carbocycles. The van der Waals surface area contributed by atoms with Gasteiger partial charge in [-0.1, -0.05) is 29.8 Å². The van der Waals surface area contributed by atoms with Crippen LogP contribution in [0.3, 0.4) is 0 Å². The molecule has 7 heteroatoms. The van der Waals surface area contributed by atoms with Gasteiger partial charge in [-0.3, -0.25) is 4.79 Å². The first-order valence-corrected chi connectivity index (χ1v) is 7.88. The van der Waals surface area contributed by atoms with Crippen molar-refractivity contribution in [3.8, 4) is 22.5 Å². The van der Waals surface area contributed by atoms with Crippen molar-refractivity contribution in [2.24, 2.45) is 0 Å². The highest BCUT2D eigenvalue weighted by molar-refractivity contribution is 5.81. The summed E-state index contributed by atoms with van der Waals surface area (Å²) in [5, 5.41) is 0. The first-order valence-electron chi connectivity index (χ1n) is 7.88. The first kappa shape index (κ1) is 16.0. The highest BCUT2D eigenvalue weighted by atomic mass is 19.1. The fourth-order valence-corrected chi connectivity index (χ4v) is 2.92. The standard InChI is InChI=1S/C19H14F2N4O/c1-10-2-4-11(5-3-10)17-18(13-7-6-12(20)8-14(13)21)25-16(26)9-15(22)23-19(25)24-17/h2-9H,22H2,1H3,(H,23,24). The lowest BCUT2D eigenvalue weighted by Crippen LogP contribution is -2.15. The molecule has 0 atom stereocenters. The van der Waals surface area contributed by atoms with Crippen LogP contribution in [0.4, 0.5) is 14.6 Å². The molecule has 0 amide bonds. The van der Waals surface area contributed by atoms with Crippen LogP contribution in [0.5, 0.6) is 0 Å². The number of halogens is 2. The number of H-pyrrole nitrogens is 1. The van der Waals surface area contributed by atoms with Crippen molar-refractivity contribution >= 4 is 11.6 Å². The molecule has 0 bridgehead atoms. The minimum atomic E-state index is -0.781. The molecule has 26 heavy (non-hydrogen) atoms. The smallest absolute Gasteiger partial charge is 0.261 e. The molecule has 4 aromatic rings. The van der Waals surface area contributed by atoms with Gasteiger partial charge in [0.2, 0.25) is 5.78 Å². The second-order valence-electron chi connectivity index (χ2n) is 6.02. The number of nitrogens with zero attached hydrogens (tertiary/aromatic N) is 2. The van der Waals surface area contributed by atoms with E-state index in [1.54, 1.807) is 0 Å². The van der Waals surface area contributed by atoms with Gasteiger partial charge in [0.15, 0.2) is 0 Å². The molecule has 2 heterocycles. The Morgan fingerprint density at radius 3 is 2.50 bits per heavy atom. The van der Waals surface area contributed by atoms with E-state index in [1.165, 1.54) is 16.5 Å². The van der Waals surface area contributed by atoms with Crippen LogP contribution in [0.1, 0.15) is 5.56 Å². The maximum absolute atomic E-state index is 14.5. The number of rotatable bonds is 2. The van der Waals surface area contributed by atoms with Crippen molar-refractivity contribution in [3.05, 3.63) is 76.1 Å².